The van der Waals surface area contributed by atoms with Gasteiger partial charge in [-0.05, 0) is 37.1 Å². The highest BCUT2D eigenvalue weighted by molar-refractivity contribution is 6.05. The van der Waals surface area contributed by atoms with Crippen molar-refractivity contribution >= 4 is 5.71 Å². The number of benzene rings is 1. The van der Waals surface area contributed by atoms with Crippen molar-refractivity contribution in [3.8, 4) is 17.1 Å². The Labute approximate surface area is 127 Å². The zero-order valence-electron chi connectivity index (χ0n) is 12.0. The molecule has 0 radical (unpaired) electrons. The molecule has 0 unspecified atom stereocenters. The van der Waals surface area contributed by atoms with Gasteiger partial charge in [-0.15, -0.1) is 0 Å². The lowest BCUT2D eigenvalue weighted by Crippen LogP contribution is -2.19. The summed E-state index contributed by atoms with van der Waals surface area (Å²) in [5.74, 6) is 0. The molecular weight excluding hydrogens is 276 g/mol. The van der Waals surface area contributed by atoms with E-state index in [4.69, 9.17) is 0 Å². The SMILES string of the molecule is O=c1c(C2=NCCC2)c(-c2ccc[nH]2)[nH]n1-c1ccccc1. The molecule has 0 bridgehead atoms. The summed E-state index contributed by atoms with van der Waals surface area (Å²) in [5.41, 5.74) is 4.07. The molecule has 2 N–H and O–H groups in total. The quantitative estimate of drug-likeness (QED) is 0.766. The predicted molar refractivity (Wildman–Crippen MR) is 86.8 cm³/mol. The fraction of sp³-hybridized carbons (Fsp3) is 0.176. The Morgan fingerprint density at radius 2 is 1.95 bits per heavy atom. The number of rotatable bonds is 3. The number of hydrogen-bond donors (Lipinski definition) is 2. The van der Waals surface area contributed by atoms with E-state index in [1.54, 1.807) is 4.68 Å². The minimum absolute atomic E-state index is 0.0450. The van der Waals surface area contributed by atoms with Gasteiger partial charge >= 0.3 is 0 Å². The van der Waals surface area contributed by atoms with Crippen LogP contribution in [0.2, 0.25) is 0 Å². The first-order valence-electron chi connectivity index (χ1n) is 7.42. The summed E-state index contributed by atoms with van der Waals surface area (Å²) in [6.45, 7) is 0.801. The van der Waals surface area contributed by atoms with Crippen molar-refractivity contribution in [1.29, 1.82) is 0 Å². The van der Waals surface area contributed by atoms with Crippen LogP contribution in [0.3, 0.4) is 0 Å². The van der Waals surface area contributed by atoms with E-state index in [0.29, 0.717) is 5.56 Å². The van der Waals surface area contributed by atoms with Crippen LogP contribution in [0, 0.1) is 0 Å². The molecule has 5 heteroatoms. The van der Waals surface area contributed by atoms with Gasteiger partial charge in [0.25, 0.3) is 5.56 Å². The molecule has 0 spiro atoms. The first-order chi connectivity index (χ1) is 10.8. The third-order valence-electron chi connectivity index (χ3n) is 3.94. The van der Waals surface area contributed by atoms with E-state index >= 15 is 0 Å². The summed E-state index contributed by atoms with van der Waals surface area (Å²) in [6, 6.07) is 13.5. The maximum absolute atomic E-state index is 12.9. The van der Waals surface area contributed by atoms with E-state index in [1.807, 2.05) is 48.7 Å². The van der Waals surface area contributed by atoms with Gasteiger partial charge in [0.2, 0.25) is 0 Å². The second kappa shape index (κ2) is 5.18. The highest BCUT2D eigenvalue weighted by atomic mass is 16.1. The van der Waals surface area contributed by atoms with Crippen LogP contribution in [-0.2, 0) is 0 Å². The summed E-state index contributed by atoms with van der Waals surface area (Å²) in [4.78, 5) is 20.6. The molecule has 0 amide bonds. The molecule has 0 fully saturated rings. The Balaban J connectivity index is 1.96. The van der Waals surface area contributed by atoms with Crippen molar-refractivity contribution < 1.29 is 0 Å². The van der Waals surface area contributed by atoms with E-state index in [2.05, 4.69) is 15.1 Å². The smallest absolute Gasteiger partial charge is 0.281 e. The Morgan fingerprint density at radius 3 is 2.64 bits per heavy atom. The normalized spacial score (nSPS) is 14.3. The van der Waals surface area contributed by atoms with Crippen molar-refractivity contribution in [2.45, 2.75) is 12.8 Å². The van der Waals surface area contributed by atoms with E-state index in [0.717, 1.165) is 42.2 Å². The van der Waals surface area contributed by atoms with Gasteiger partial charge in [-0.3, -0.25) is 14.9 Å². The molecule has 1 aromatic carbocycles. The van der Waals surface area contributed by atoms with Crippen LogP contribution >= 0.6 is 0 Å². The lowest BCUT2D eigenvalue weighted by Gasteiger charge is -2.00. The Hall–Kier alpha value is -2.82. The largest absolute Gasteiger partial charge is 0.360 e. The fourth-order valence-electron chi connectivity index (χ4n) is 2.89. The van der Waals surface area contributed by atoms with Gasteiger partial charge in [0.15, 0.2) is 0 Å². The molecule has 0 aliphatic carbocycles. The molecule has 0 saturated heterocycles. The molecular formula is C17H16N4O. The van der Waals surface area contributed by atoms with Crippen molar-refractivity contribution in [1.82, 2.24) is 14.8 Å². The number of nitrogens with zero attached hydrogens (tertiary/aromatic N) is 2. The van der Waals surface area contributed by atoms with Crippen molar-refractivity contribution in [3.63, 3.8) is 0 Å². The average molecular weight is 292 g/mol. The van der Waals surface area contributed by atoms with Crippen LogP contribution in [0.25, 0.3) is 17.1 Å². The molecule has 1 aliphatic rings. The molecule has 110 valence electrons. The lowest BCUT2D eigenvalue weighted by atomic mass is 10.1. The number of aliphatic imine (C=N–C) groups is 1. The van der Waals surface area contributed by atoms with Gasteiger partial charge in [-0.1, -0.05) is 18.2 Å². The van der Waals surface area contributed by atoms with E-state index in [9.17, 15) is 4.79 Å². The molecule has 2 aromatic heterocycles. The van der Waals surface area contributed by atoms with E-state index in [-0.39, 0.29) is 5.56 Å². The minimum atomic E-state index is -0.0450. The number of nitrogens with one attached hydrogen (secondary N) is 2. The van der Waals surface area contributed by atoms with Gasteiger partial charge in [-0.2, -0.15) is 0 Å². The van der Waals surface area contributed by atoms with Gasteiger partial charge in [0.05, 0.1) is 22.6 Å². The first-order valence-corrected chi connectivity index (χ1v) is 7.42. The summed E-state index contributed by atoms with van der Waals surface area (Å²) in [5, 5.41) is 3.24. The molecule has 4 rings (SSSR count). The molecule has 22 heavy (non-hydrogen) atoms. The Morgan fingerprint density at radius 1 is 1.09 bits per heavy atom. The highest BCUT2D eigenvalue weighted by Crippen LogP contribution is 2.22. The summed E-state index contributed by atoms with van der Waals surface area (Å²) >= 11 is 0. The van der Waals surface area contributed by atoms with E-state index < -0.39 is 0 Å². The first kappa shape index (κ1) is 12.9. The predicted octanol–water partition coefficient (Wildman–Crippen LogP) is 2.74. The topological polar surface area (TPSA) is 65.9 Å². The second-order valence-electron chi connectivity index (χ2n) is 5.35. The number of aromatic amines is 2. The standard InChI is InChI=1S/C17H16N4O/c22-17-15(13-8-4-10-18-13)16(14-9-5-11-19-14)20-21(17)12-6-2-1-3-7-12/h1-3,5-7,9,11,19-20H,4,8,10H2. The minimum Gasteiger partial charge on any atom is -0.360 e. The van der Waals surface area contributed by atoms with Crippen LogP contribution in [0.5, 0.6) is 0 Å². The third kappa shape index (κ3) is 2.02. The fourth-order valence-corrected chi connectivity index (χ4v) is 2.89. The zero-order chi connectivity index (χ0) is 14.9. The second-order valence-corrected chi connectivity index (χ2v) is 5.35. The molecule has 5 nitrogen and oxygen atoms in total. The summed E-state index contributed by atoms with van der Waals surface area (Å²) in [7, 11) is 0. The Kier molecular flexibility index (Phi) is 3.04. The number of H-pyrrole nitrogens is 2. The molecule has 1 aliphatic heterocycles. The van der Waals surface area contributed by atoms with Crippen molar-refractivity contribution in [3.05, 3.63) is 64.6 Å². The number of hydrogen-bond acceptors (Lipinski definition) is 2. The summed E-state index contributed by atoms with van der Waals surface area (Å²) < 4.78 is 1.59. The number of para-hydroxylation sites is 1. The van der Waals surface area contributed by atoms with Gasteiger partial charge in [0, 0.05) is 18.5 Å². The van der Waals surface area contributed by atoms with Gasteiger partial charge in [0.1, 0.15) is 0 Å². The molecule has 0 saturated carbocycles. The average Bonchev–Trinajstić information content (AvgIpc) is 3.28. The van der Waals surface area contributed by atoms with Crippen LogP contribution < -0.4 is 5.56 Å². The maximum atomic E-state index is 12.9. The van der Waals surface area contributed by atoms with Gasteiger partial charge in [-0.25, -0.2) is 4.68 Å². The molecule has 0 atom stereocenters. The van der Waals surface area contributed by atoms with Crippen LogP contribution in [0.1, 0.15) is 18.4 Å². The van der Waals surface area contributed by atoms with Crippen molar-refractivity contribution in [2.24, 2.45) is 4.99 Å². The number of aromatic nitrogens is 3. The molecule has 3 heterocycles. The van der Waals surface area contributed by atoms with E-state index in [1.165, 1.54) is 0 Å². The summed E-state index contributed by atoms with van der Waals surface area (Å²) in [6.07, 6.45) is 3.72. The van der Waals surface area contributed by atoms with Crippen LogP contribution in [0.15, 0.2) is 58.4 Å². The Bertz CT molecular complexity index is 869. The monoisotopic (exact) mass is 292 g/mol. The lowest BCUT2D eigenvalue weighted by molar-refractivity contribution is 0.851. The zero-order valence-corrected chi connectivity index (χ0v) is 12.0. The molecule has 3 aromatic rings. The van der Waals surface area contributed by atoms with Gasteiger partial charge < -0.3 is 4.98 Å². The maximum Gasteiger partial charge on any atom is 0.281 e. The third-order valence-corrected chi connectivity index (χ3v) is 3.94. The van der Waals surface area contributed by atoms with Crippen molar-refractivity contribution in [2.75, 3.05) is 6.54 Å². The highest BCUT2D eigenvalue weighted by Gasteiger charge is 2.23. The van der Waals surface area contributed by atoms with Crippen LogP contribution in [0.4, 0.5) is 0 Å². The van der Waals surface area contributed by atoms with Crippen LogP contribution in [-0.4, -0.2) is 27.0 Å².